The molecule has 174 valence electrons. The summed E-state index contributed by atoms with van der Waals surface area (Å²) >= 11 is 0. The molecule has 12 heteroatoms. The number of aliphatic hydroxyl groups excluding tert-OH is 1. The Morgan fingerprint density at radius 1 is 1.27 bits per heavy atom. The summed E-state index contributed by atoms with van der Waals surface area (Å²) in [4.78, 5) is 19.5. The Kier molecular flexibility index (Phi) is 4.85. The molecule has 1 aromatic carbocycles. The third-order valence-corrected chi connectivity index (χ3v) is 6.82. The summed E-state index contributed by atoms with van der Waals surface area (Å²) in [6.45, 7) is 2.40. The molecular formula is C21H24N6O5S. The van der Waals surface area contributed by atoms with Crippen LogP contribution in [-0.2, 0) is 16.6 Å². The lowest BCUT2D eigenvalue weighted by molar-refractivity contribution is -0.0408. The molecule has 2 aliphatic rings. The number of fused-ring (bicyclic) bond motifs is 2. The molecule has 5 N–H and O–H groups in total. The maximum atomic E-state index is 13.2. The van der Waals surface area contributed by atoms with Crippen LogP contribution in [0.5, 0.6) is 0 Å². The third-order valence-electron chi connectivity index (χ3n) is 6.23. The zero-order chi connectivity index (χ0) is 23.7. The largest absolute Gasteiger partial charge is 0.382 e. The molecule has 3 heterocycles. The van der Waals surface area contributed by atoms with Crippen LogP contribution in [0.25, 0.3) is 16.9 Å². The number of carbonyl (C=O) groups excluding carboxylic acids is 1. The molecule has 0 spiro atoms. The Morgan fingerprint density at radius 3 is 2.64 bits per heavy atom. The van der Waals surface area contributed by atoms with Crippen molar-refractivity contribution in [2.24, 2.45) is 5.92 Å². The fourth-order valence-corrected chi connectivity index (χ4v) is 5.00. The highest BCUT2D eigenvalue weighted by Gasteiger charge is 2.40. The Bertz CT molecular complexity index is 1400. The monoisotopic (exact) mass is 472 g/mol. The molecule has 5 rings (SSSR count). The van der Waals surface area contributed by atoms with Gasteiger partial charge in [-0.1, -0.05) is 0 Å². The van der Waals surface area contributed by atoms with Gasteiger partial charge >= 0.3 is 0 Å². The first-order valence-corrected chi connectivity index (χ1v) is 12.4. The predicted molar refractivity (Wildman–Crippen MR) is 121 cm³/mol. The van der Waals surface area contributed by atoms with E-state index in [0.717, 1.165) is 19.1 Å². The molecule has 11 nitrogen and oxygen atoms in total. The van der Waals surface area contributed by atoms with Crippen LogP contribution >= 0.6 is 0 Å². The van der Waals surface area contributed by atoms with E-state index >= 15 is 0 Å². The van der Waals surface area contributed by atoms with E-state index < -0.39 is 16.3 Å². The van der Waals surface area contributed by atoms with E-state index in [1.165, 1.54) is 4.52 Å². The molecule has 1 amide bonds. The number of rotatable bonds is 6. The topological polar surface area (TPSA) is 163 Å². The van der Waals surface area contributed by atoms with Crippen molar-refractivity contribution in [2.75, 3.05) is 16.7 Å². The van der Waals surface area contributed by atoms with Crippen molar-refractivity contribution in [3.63, 3.8) is 0 Å². The Morgan fingerprint density at radius 2 is 2.00 bits per heavy atom. The van der Waals surface area contributed by atoms with E-state index in [1.54, 1.807) is 23.2 Å². The van der Waals surface area contributed by atoms with Gasteiger partial charge in [0, 0.05) is 24.3 Å². The number of anilines is 2. The van der Waals surface area contributed by atoms with Crippen molar-refractivity contribution in [1.82, 2.24) is 19.5 Å². The molecule has 0 radical (unpaired) electrons. The summed E-state index contributed by atoms with van der Waals surface area (Å²) in [6, 6.07) is 5.10. The van der Waals surface area contributed by atoms with Gasteiger partial charge < -0.3 is 20.8 Å². The minimum absolute atomic E-state index is 0.0212. The third kappa shape index (κ3) is 3.79. The van der Waals surface area contributed by atoms with Gasteiger partial charge in [0.05, 0.1) is 28.8 Å². The van der Waals surface area contributed by atoms with Crippen LogP contribution in [0, 0.1) is 5.92 Å². The molecule has 33 heavy (non-hydrogen) atoms. The highest BCUT2D eigenvalue weighted by molar-refractivity contribution is 7.92. The Labute approximate surface area is 189 Å². The number of nitrogens with zero attached hydrogens (tertiary/aromatic N) is 4. The fourth-order valence-electron chi connectivity index (χ4n) is 4.44. The van der Waals surface area contributed by atoms with E-state index in [0.29, 0.717) is 34.8 Å². The number of nitrogens with one attached hydrogen (secondary N) is 1. The smallest absolute Gasteiger partial charge is 0.256 e. The summed E-state index contributed by atoms with van der Waals surface area (Å²) in [7, 11) is -3.65. The van der Waals surface area contributed by atoms with Crippen molar-refractivity contribution < 1.29 is 23.4 Å². The highest BCUT2D eigenvalue weighted by Crippen LogP contribution is 2.41. The van der Waals surface area contributed by atoms with E-state index in [1.807, 2.05) is 13.0 Å². The number of amides is 1. The van der Waals surface area contributed by atoms with Crippen molar-refractivity contribution in [2.45, 2.75) is 38.6 Å². The number of nitrogen functional groups attached to an aromatic ring is 1. The van der Waals surface area contributed by atoms with E-state index in [9.17, 15) is 23.4 Å². The van der Waals surface area contributed by atoms with Crippen molar-refractivity contribution in [1.29, 1.82) is 0 Å². The van der Waals surface area contributed by atoms with Gasteiger partial charge in [-0.15, -0.1) is 5.10 Å². The zero-order valence-electron chi connectivity index (χ0n) is 18.1. The van der Waals surface area contributed by atoms with Gasteiger partial charge in [-0.2, -0.15) is 0 Å². The number of aliphatic hydroxyl groups is 2. The van der Waals surface area contributed by atoms with E-state index in [2.05, 4.69) is 14.8 Å². The fraction of sp³-hybridized carbons (Fsp3) is 0.381. The van der Waals surface area contributed by atoms with Crippen LogP contribution in [0.2, 0.25) is 0 Å². The predicted octanol–water partition coefficient (Wildman–Crippen LogP) is 1.09. The molecule has 3 aromatic rings. The van der Waals surface area contributed by atoms with Crippen LogP contribution in [0.1, 0.15) is 47.5 Å². The minimum atomic E-state index is -3.65. The van der Waals surface area contributed by atoms with Crippen LogP contribution in [-0.4, -0.2) is 56.3 Å². The van der Waals surface area contributed by atoms with Gasteiger partial charge in [-0.3, -0.25) is 9.52 Å². The lowest BCUT2D eigenvalue weighted by Crippen LogP contribution is -2.34. The normalized spacial score (nSPS) is 17.1. The maximum absolute atomic E-state index is 13.2. The number of benzene rings is 1. The average molecular weight is 473 g/mol. The Hall–Kier alpha value is -3.22. The molecule has 0 unspecified atom stereocenters. The molecule has 1 saturated carbocycles. The summed E-state index contributed by atoms with van der Waals surface area (Å²) in [6.07, 6.45) is 2.91. The molecule has 1 atom stereocenters. The Balaban J connectivity index is 1.64. The van der Waals surface area contributed by atoms with Crippen molar-refractivity contribution in [3.05, 3.63) is 41.1 Å². The van der Waals surface area contributed by atoms with Crippen LogP contribution < -0.4 is 10.5 Å². The highest BCUT2D eigenvalue weighted by atomic mass is 32.2. The van der Waals surface area contributed by atoms with Gasteiger partial charge in [-0.25, -0.2) is 17.9 Å². The number of sulfonamides is 1. The standard InChI is InChI=1S/C21H24N6O5S/c1-10(11-3-4-11)26-9-13-7-12(8-15(16(13)20(26)28)25-33(2,31)32)14-5-6-27-19(23-14)17(21(29)30)18(22)24-27/h5-8,10-11,21,25,29-30H,3-4,9H2,1-2H3,(H2,22,24)/t10-/m0/s1. The van der Waals surface area contributed by atoms with E-state index in [4.69, 9.17) is 5.73 Å². The number of aromatic nitrogens is 3. The minimum Gasteiger partial charge on any atom is -0.382 e. The SMILES string of the molecule is C[C@@H](C1CC1)N1Cc2cc(-c3ccn4nc(N)c(C(O)O)c4n3)cc(NS(C)(=O)=O)c2C1=O. The van der Waals surface area contributed by atoms with Crippen molar-refractivity contribution in [3.8, 4) is 11.3 Å². The first-order chi connectivity index (χ1) is 15.5. The molecule has 1 aliphatic heterocycles. The van der Waals surface area contributed by atoms with Gasteiger partial charge in [0.2, 0.25) is 10.0 Å². The second-order valence-electron chi connectivity index (χ2n) is 8.70. The average Bonchev–Trinajstić information content (AvgIpc) is 3.43. The second kappa shape index (κ2) is 7.40. The lowest BCUT2D eigenvalue weighted by Gasteiger charge is -2.24. The van der Waals surface area contributed by atoms with Gasteiger partial charge in [0.25, 0.3) is 5.91 Å². The van der Waals surface area contributed by atoms with Crippen molar-refractivity contribution >= 4 is 33.1 Å². The molecule has 2 aromatic heterocycles. The molecule has 0 bridgehead atoms. The molecular weight excluding hydrogens is 448 g/mol. The van der Waals surface area contributed by atoms with Crippen LogP contribution in [0.4, 0.5) is 11.5 Å². The first kappa shape index (κ1) is 21.6. The summed E-state index contributed by atoms with van der Waals surface area (Å²) in [5, 5.41) is 23.4. The summed E-state index contributed by atoms with van der Waals surface area (Å²) < 4.78 is 27.9. The van der Waals surface area contributed by atoms with Gasteiger partial charge in [0.15, 0.2) is 17.8 Å². The molecule has 1 aliphatic carbocycles. The molecule has 1 fully saturated rings. The number of carbonyl (C=O) groups is 1. The number of hydrogen-bond donors (Lipinski definition) is 4. The maximum Gasteiger partial charge on any atom is 0.256 e. The second-order valence-corrected chi connectivity index (χ2v) is 10.4. The van der Waals surface area contributed by atoms with Crippen LogP contribution in [0.3, 0.4) is 0 Å². The first-order valence-electron chi connectivity index (χ1n) is 10.5. The van der Waals surface area contributed by atoms with Gasteiger partial charge in [-0.05, 0) is 49.4 Å². The zero-order valence-corrected chi connectivity index (χ0v) is 18.9. The number of nitrogens with two attached hydrogens (primary N) is 1. The van der Waals surface area contributed by atoms with Crippen LogP contribution in [0.15, 0.2) is 24.4 Å². The lowest BCUT2D eigenvalue weighted by atomic mass is 10.0. The summed E-state index contributed by atoms with van der Waals surface area (Å²) in [5.74, 6) is 0.215. The summed E-state index contributed by atoms with van der Waals surface area (Å²) in [5.41, 5.74) is 8.17. The number of hydrogen-bond acceptors (Lipinski definition) is 8. The molecule has 0 saturated heterocycles. The van der Waals surface area contributed by atoms with E-state index in [-0.39, 0.29) is 34.7 Å². The van der Waals surface area contributed by atoms with Gasteiger partial charge in [0.1, 0.15) is 0 Å². The quantitative estimate of drug-likeness (QED) is 0.387.